The highest BCUT2D eigenvalue weighted by molar-refractivity contribution is 5.90. The van der Waals surface area contributed by atoms with E-state index in [1.54, 1.807) is 0 Å². The Morgan fingerprint density at radius 3 is 2.25 bits per heavy atom. The van der Waals surface area contributed by atoms with Crippen LogP contribution in [0.4, 0.5) is 0 Å². The molecule has 9 nitrogen and oxygen atoms in total. The number of aliphatic carboxylic acids is 1. The van der Waals surface area contributed by atoms with Gasteiger partial charge in [-0.05, 0) is 0 Å². The number of carbonyl (C=O) groups excluding carboxylic acids is 1. The lowest BCUT2D eigenvalue weighted by Gasteiger charge is -2.51. The third-order valence-corrected chi connectivity index (χ3v) is 3.46. The summed E-state index contributed by atoms with van der Waals surface area (Å²) in [6, 6.07) is -2.01. The van der Waals surface area contributed by atoms with Crippen molar-refractivity contribution in [2.75, 3.05) is 6.61 Å². The quantitative estimate of drug-likeness (QED) is 0.290. The zero-order chi connectivity index (χ0) is 15.9. The molecule has 5 atom stereocenters. The zero-order valence-corrected chi connectivity index (χ0v) is 10.7. The monoisotopic (exact) mass is 291 g/mol. The van der Waals surface area contributed by atoms with Crippen LogP contribution in [0.25, 0.3) is 0 Å². The topological polar surface area (TPSA) is 171 Å². The maximum Gasteiger partial charge on any atom is 0.334 e. The normalized spacial score (nSPS) is 41.2. The number of aliphatic hydroxyl groups excluding tert-OH is 2. The van der Waals surface area contributed by atoms with Crippen LogP contribution in [0.3, 0.4) is 0 Å². The molecule has 1 aliphatic rings. The molecule has 0 radical (unpaired) electrons. The van der Waals surface area contributed by atoms with Gasteiger partial charge < -0.3 is 36.0 Å². The maximum absolute atomic E-state index is 11.5. The first-order chi connectivity index (χ1) is 9.03. The van der Waals surface area contributed by atoms with Gasteiger partial charge in [0, 0.05) is 6.92 Å². The number of carbonyl (C=O) groups is 2. The summed E-state index contributed by atoms with van der Waals surface area (Å²) in [5.74, 6) is -5.47. The minimum Gasteiger partial charge on any atom is -0.478 e. The number of hydrogen-bond donors (Lipinski definition) is 6. The third-order valence-electron chi connectivity index (χ3n) is 3.46. The van der Waals surface area contributed by atoms with E-state index in [2.05, 4.69) is 6.58 Å². The SMILES string of the molecule is C=C(C(=O)O)[C@]1(O)[C@H](O)[C@@H](CO)OC(O)(C(C)=O)[C@@H]1N. The van der Waals surface area contributed by atoms with Gasteiger partial charge in [-0.2, -0.15) is 0 Å². The van der Waals surface area contributed by atoms with Gasteiger partial charge >= 0.3 is 5.97 Å². The Kier molecular flexibility index (Phi) is 4.34. The maximum atomic E-state index is 11.5. The van der Waals surface area contributed by atoms with E-state index in [1.807, 2.05) is 0 Å². The summed E-state index contributed by atoms with van der Waals surface area (Å²) in [5.41, 5.74) is 1.84. The van der Waals surface area contributed by atoms with Crippen LogP contribution in [0.2, 0.25) is 0 Å². The molecule has 1 rings (SSSR count). The van der Waals surface area contributed by atoms with Crippen LogP contribution in [-0.4, -0.2) is 73.5 Å². The first kappa shape index (κ1) is 16.7. The second kappa shape index (κ2) is 5.20. The standard InChI is InChI=1S/C11H17NO8/c1-4(8(16)17)10(18)7(15)6(3-13)20-11(19,5(2)14)9(10)12/h6-7,9,13,15,18-19H,1,3,12H2,2H3,(H,16,17)/t6-,7-,9-,10+,11?/m1/s1. The molecule has 7 N–H and O–H groups in total. The van der Waals surface area contributed by atoms with Crippen molar-refractivity contribution in [3.05, 3.63) is 12.2 Å². The number of ketones is 1. The van der Waals surface area contributed by atoms with Gasteiger partial charge in [-0.3, -0.25) is 4.79 Å². The van der Waals surface area contributed by atoms with Crippen molar-refractivity contribution >= 4 is 11.8 Å². The highest BCUT2D eigenvalue weighted by atomic mass is 16.7. The number of Topliss-reactive ketones (excluding diaryl/α,β-unsaturated/α-hetero) is 1. The van der Waals surface area contributed by atoms with Gasteiger partial charge in [-0.25, -0.2) is 4.79 Å². The van der Waals surface area contributed by atoms with Crippen LogP contribution in [0.5, 0.6) is 0 Å². The summed E-state index contributed by atoms with van der Waals surface area (Å²) in [5, 5.41) is 48.4. The first-order valence-electron chi connectivity index (χ1n) is 5.64. The lowest BCUT2D eigenvalue weighted by molar-refractivity contribution is -0.314. The van der Waals surface area contributed by atoms with Crippen molar-refractivity contribution in [2.45, 2.75) is 36.6 Å². The summed E-state index contributed by atoms with van der Waals surface area (Å²) in [6.07, 6.45) is -3.62. The molecule has 1 fully saturated rings. The number of carboxylic acid groups (broad SMARTS) is 1. The minimum atomic E-state index is -2.76. The molecule has 0 bridgehead atoms. The highest BCUT2D eigenvalue weighted by Gasteiger charge is 2.64. The zero-order valence-electron chi connectivity index (χ0n) is 10.7. The summed E-state index contributed by atoms with van der Waals surface area (Å²) in [7, 11) is 0. The first-order valence-corrected chi connectivity index (χ1v) is 5.64. The molecule has 1 heterocycles. The van der Waals surface area contributed by atoms with Crippen LogP contribution in [0.15, 0.2) is 12.2 Å². The predicted octanol–water partition coefficient (Wildman–Crippen LogP) is -3.28. The third kappa shape index (κ3) is 2.14. The molecule has 1 saturated heterocycles. The number of ether oxygens (including phenoxy) is 1. The van der Waals surface area contributed by atoms with Crippen LogP contribution in [0.1, 0.15) is 6.92 Å². The number of hydrogen-bond acceptors (Lipinski definition) is 8. The van der Waals surface area contributed by atoms with Crippen molar-refractivity contribution < 1.29 is 39.9 Å². The van der Waals surface area contributed by atoms with E-state index >= 15 is 0 Å². The fraction of sp³-hybridized carbons (Fsp3) is 0.636. The fourth-order valence-electron chi connectivity index (χ4n) is 2.11. The molecule has 1 aliphatic heterocycles. The Morgan fingerprint density at radius 1 is 1.40 bits per heavy atom. The van der Waals surface area contributed by atoms with Gasteiger partial charge in [0.2, 0.25) is 5.79 Å². The van der Waals surface area contributed by atoms with Crippen LogP contribution >= 0.6 is 0 Å². The van der Waals surface area contributed by atoms with Gasteiger partial charge in [-0.15, -0.1) is 0 Å². The van der Waals surface area contributed by atoms with E-state index in [0.717, 1.165) is 6.92 Å². The van der Waals surface area contributed by atoms with Crippen molar-refractivity contribution in [3.63, 3.8) is 0 Å². The molecule has 114 valence electrons. The Labute approximate surface area is 113 Å². The van der Waals surface area contributed by atoms with E-state index in [-0.39, 0.29) is 0 Å². The molecule has 1 unspecified atom stereocenters. The molecule has 20 heavy (non-hydrogen) atoms. The van der Waals surface area contributed by atoms with E-state index in [9.17, 15) is 24.9 Å². The van der Waals surface area contributed by atoms with Crippen molar-refractivity contribution in [3.8, 4) is 0 Å². The van der Waals surface area contributed by atoms with E-state index in [4.69, 9.17) is 20.7 Å². The lowest BCUT2D eigenvalue weighted by Crippen LogP contribution is -2.77. The predicted molar refractivity (Wildman–Crippen MR) is 63.3 cm³/mol. The molecule has 0 spiro atoms. The smallest absolute Gasteiger partial charge is 0.334 e. The van der Waals surface area contributed by atoms with Gasteiger partial charge in [0.15, 0.2) is 5.78 Å². The Balaban J connectivity index is 3.42. The molecule has 0 amide bonds. The molecule has 0 saturated carbocycles. The fourth-order valence-corrected chi connectivity index (χ4v) is 2.11. The second-order valence-electron chi connectivity index (χ2n) is 4.62. The van der Waals surface area contributed by atoms with E-state index in [1.165, 1.54) is 0 Å². The number of carboxylic acids is 1. The second-order valence-corrected chi connectivity index (χ2v) is 4.62. The molecular weight excluding hydrogens is 274 g/mol. The summed E-state index contributed by atoms with van der Waals surface area (Å²) < 4.78 is 4.82. The average Bonchev–Trinajstić information content (AvgIpc) is 2.39. The molecule has 9 heteroatoms. The molecular formula is C11H17NO8. The molecule has 0 aromatic heterocycles. The Bertz CT molecular complexity index is 452. The highest BCUT2D eigenvalue weighted by Crippen LogP contribution is 2.38. The lowest BCUT2D eigenvalue weighted by atomic mass is 9.73. The van der Waals surface area contributed by atoms with Gasteiger partial charge in [-0.1, -0.05) is 6.58 Å². The van der Waals surface area contributed by atoms with Crippen LogP contribution in [0, 0.1) is 0 Å². The van der Waals surface area contributed by atoms with Gasteiger partial charge in [0.1, 0.15) is 23.9 Å². The van der Waals surface area contributed by atoms with Gasteiger partial charge in [0.25, 0.3) is 0 Å². The van der Waals surface area contributed by atoms with Crippen molar-refractivity contribution in [1.82, 2.24) is 0 Å². The van der Waals surface area contributed by atoms with Crippen LogP contribution < -0.4 is 5.73 Å². The minimum absolute atomic E-state index is 0.890. The van der Waals surface area contributed by atoms with Crippen molar-refractivity contribution in [1.29, 1.82) is 0 Å². The van der Waals surface area contributed by atoms with Crippen LogP contribution in [-0.2, 0) is 14.3 Å². The summed E-state index contributed by atoms with van der Waals surface area (Å²) in [4.78, 5) is 22.4. The molecule has 0 aromatic carbocycles. The number of nitrogens with two attached hydrogens (primary N) is 1. The average molecular weight is 291 g/mol. The molecule has 0 aliphatic carbocycles. The summed E-state index contributed by atoms with van der Waals surface area (Å²) in [6.45, 7) is 3.10. The Morgan fingerprint density at radius 2 is 1.90 bits per heavy atom. The Hall–Kier alpha value is -1.36. The summed E-state index contributed by atoms with van der Waals surface area (Å²) >= 11 is 0. The molecule has 0 aromatic rings. The van der Waals surface area contributed by atoms with E-state index in [0.29, 0.717) is 0 Å². The number of rotatable bonds is 4. The number of aliphatic hydroxyl groups is 4. The van der Waals surface area contributed by atoms with Crippen molar-refractivity contribution in [2.24, 2.45) is 5.73 Å². The largest absolute Gasteiger partial charge is 0.478 e. The van der Waals surface area contributed by atoms with Gasteiger partial charge in [0.05, 0.1) is 12.2 Å². The van der Waals surface area contributed by atoms with E-state index < -0.39 is 53.6 Å².